The molecule has 0 bridgehead atoms. The third kappa shape index (κ3) is 2.91. The van der Waals surface area contributed by atoms with Crippen LogP contribution in [0.25, 0.3) is 0 Å². The second kappa shape index (κ2) is 5.48. The van der Waals surface area contributed by atoms with Gasteiger partial charge in [-0.1, -0.05) is 13.8 Å². The number of carboxylic acids is 1. The van der Waals surface area contributed by atoms with E-state index in [1.165, 1.54) is 0 Å². The average molecular weight is 318 g/mol. The van der Waals surface area contributed by atoms with Crippen LogP contribution in [0.5, 0.6) is 0 Å². The zero-order valence-electron chi connectivity index (χ0n) is 12.5. The highest BCUT2D eigenvalue weighted by atomic mass is 19.3. The van der Waals surface area contributed by atoms with Gasteiger partial charge in [0.25, 0.3) is 0 Å². The summed E-state index contributed by atoms with van der Waals surface area (Å²) >= 11 is 0. The summed E-state index contributed by atoms with van der Waals surface area (Å²) in [6.45, 7) is 3.44. The van der Waals surface area contributed by atoms with Crippen molar-refractivity contribution >= 4 is 18.3 Å². The van der Waals surface area contributed by atoms with Gasteiger partial charge in [0.15, 0.2) is 0 Å². The van der Waals surface area contributed by atoms with Crippen LogP contribution in [0.3, 0.4) is 0 Å². The molecule has 1 spiro atoms. The highest BCUT2D eigenvalue weighted by Gasteiger charge is 2.62. The fourth-order valence-corrected chi connectivity index (χ4v) is 3.61. The molecule has 1 saturated heterocycles. The molecule has 0 radical (unpaired) electrons. The van der Waals surface area contributed by atoms with Gasteiger partial charge in [-0.15, -0.1) is 0 Å². The molecule has 0 aromatic carbocycles. The Balaban J connectivity index is 2.19. The summed E-state index contributed by atoms with van der Waals surface area (Å²) in [5, 5.41) is 11.7. The summed E-state index contributed by atoms with van der Waals surface area (Å²) in [6, 6.07) is -1.96. The Bertz CT molecular complexity index is 487. The standard InChI is InChI=1S/C14H20F2N2O4/c1-8(2)10(17-7-19)11(20)18-6-13(3-9(18)12(21)22)4-14(15,16)5-13/h7-10H,3-6H2,1-2H3,(H,17,19)(H,21,22). The fourth-order valence-electron chi connectivity index (χ4n) is 3.61. The van der Waals surface area contributed by atoms with E-state index >= 15 is 0 Å². The van der Waals surface area contributed by atoms with E-state index in [2.05, 4.69) is 5.32 Å². The number of carbonyl (C=O) groups is 3. The number of nitrogens with zero attached hydrogens (tertiary/aromatic N) is 1. The predicted molar refractivity (Wildman–Crippen MR) is 72.2 cm³/mol. The highest BCUT2D eigenvalue weighted by Crippen LogP contribution is 2.58. The largest absolute Gasteiger partial charge is 0.480 e. The monoisotopic (exact) mass is 318 g/mol. The van der Waals surface area contributed by atoms with E-state index in [0.29, 0.717) is 6.41 Å². The van der Waals surface area contributed by atoms with Gasteiger partial charge in [0.05, 0.1) is 0 Å². The smallest absolute Gasteiger partial charge is 0.326 e. The summed E-state index contributed by atoms with van der Waals surface area (Å²) in [5.74, 6) is -4.73. The van der Waals surface area contributed by atoms with Crippen LogP contribution >= 0.6 is 0 Å². The number of rotatable bonds is 5. The quantitative estimate of drug-likeness (QED) is 0.736. The van der Waals surface area contributed by atoms with Gasteiger partial charge in [-0.05, 0) is 12.3 Å². The Morgan fingerprint density at radius 1 is 1.36 bits per heavy atom. The van der Waals surface area contributed by atoms with Gasteiger partial charge in [-0.3, -0.25) is 9.59 Å². The van der Waals surface area contributed by atoms with E-state index in [4.69, 9.17) is 0 Å². The molecule has 2 N–H and O–H groups in total. The Kier molecular flexibility index (Phi) is 4.14. The lowest BCUT2D eigenvalue weighted by Gasteiger charge is -2.44. The van der Waals surface area contributed by atoms with Crippen molar-refractivity contribution in [1.29, 1.82) is 0 Å². The van der Waals surface area contributed by atoms with Gasteiger partial charge in [0.2, 0.25) is 18.2 Å². The molecule has 6 nitrogen and oxygen atoms in total. The van der Waals surface area contributed by atoms with Crippen LogP contribution in [0.1, 0.15) is 33.1 Å². The first-order chi connectivity index (χ1) is 10.1. The molecule has 0 aromatic rings. The summed E-state index contributed by atoms with van der Waals surface area (Å²) in [4.78, 5) is 35.7. The average Bonchev–Trinajstić information content (AvgIpc) is 2.73. The minimum Gasteiger partial charge on any atom is -0.480 e. The lowest BCUT2D eigenvalue weighted by atomic mass is 9.65. The Labute approximate surface area is 126 Å². The molecule has 2 fully saturated rings. The Morgan fingerprint density at radius 3 is 2.36 bits per heavy atom. The number of hydrogen-bond acceptors (Lipinski definition) is 3. The van der Waals surface area contributed by atoms with Crippen molar-refractivity contribution in [2.75, 3.05) is 6.54 Å². The number of alkyl halides is 2. The van der Waals surface area contributed by atoms with E-state index in [1.807, 2.05) is 0 Å². The van der Waals surface area contributed by atoms with E-state index in [0.717, 1.165) is 4.90 Å². The number of halogens is 2. The maximum atomic E-state index is 13.2. The first-order valence-corrected chi connectivity index (χ1v) is 7.22. The van der Waals surface area contributed by atoms with E-state index < -0.39 is 35.3 Å². The van der Waals surface area contributed by atoms with Gasteiger partial charge in [-0.25, -0.2) is 13.6 Å². The number of amides is 2. The maximum absolute atomic E-state index is 13.2. The summed E-state index contributed by atoms with van der Waals surface area (Å²) in [6.07, 6.45) is -0.348. The van der Waals surface area contributed by atoms with Crippen LogP contribution in [0.2, 0.25) is 0 Å². The lowest BCUT2D eigenvalue weighted by molar-refractivity contribution is -0.159. The third-order valence-electron chi connectivity index (χ3n) is 4.52. The molecule has 22 heavy (non-hydrogen) atoms. The van der Waals surface area contributed by atoms with Crippen LogP contribution in [0, 0.1) is 11.3 Å². The van der Waals surface area contributed by atoms with E-state index in [9.17, 15) is 28.3 Å². The molecule has 0 aromatic heterocycles. The van der Waals surface area contributed by atoms with Gasteiger partial charge < -0.3 is 15.3 Å². The molecule has 124 valence electrons. The lowest BCUT2D eigenvalue weighted by Crippen LogP contribution is -2.53. The van der Waals surface area contributed by atoms with Gasteiger partial charge in [0, 0.05) is 24.8 Å². The summed E-state index contributed by atoms with van der Waals surface area (Å²) in [7, 11) is 0. The molecule has 8 heteroatoms. The van der Waals surface area contributed by atoms with Gasteiger partial charge in [-0.2, -0.15) is 0 Å². The van der Waals surface area contributed by atoms with Crippen molar-refractivity contribution in [3.63, 3.8) is 0 Å². The minimum atomic E-state index is -2.78. The number of aliphatic carboxylic acids is 1. The van der Waals surface area contributed by atoms with Crippen molar-refractivity contribution in [2.24, 2.45) is 11.3 Å². The van der Waals surface area contributed by atoms with E-state index in [1.54, 1.807) is 13.8 Å². The van der Waals surface area contributed by atoms with Crippen molar-refractivity contribution in [3.05, 3.63) is 0 Å². The second-order valence-electron chi connectivity index (χ2n) is 6.74. The molecule has 1 aliphatic heterocycles. The molecule has 1 saturated carbocycles. The zero-order valence-corrected chi connectivity index (χ0v) is 12.5. The molecular formula is C14H20F2N2O4. The van der Waals surface area contributed by atoms with Crippen LogP contribution in [0.4, 0.5) is 8.78 Å². The predicted octanol–water partition coefficient (Wildman–Crippen LogP) is 0.858. The van der Waals surface area contributed by atoms with Crippen LogP contribution in [0.15, 0.2) is 0 Å². The first-order valence-electron chi connectivity index (χ1n) is 7.22. The SMILES string of the molecule is CC(C)C(NC=O)C(=O)N1CC2(CC1C(=O)O)CC(F)(F)C2. The number of nitrogens with one attached hydrogen (secondary N) is 1. The minimum absolute atomic E-state index is 0.00213. The van der Waals surface area contributed by atoms with Gasteiger partial charge >= 0.3 is 5.97 Å². The Morgan fingerprint density at radius 2 is 1.95 bits per heavy atom. The van der Waals surface area contributed by atoms with Crippen LogP contribution in [-0.4, -0.2) is 52.8 Å². The molecule has 2 amide bonds. The fraction of sp³-hybridized carbons (Fsp3) is 0.786. The molecule has 1 heterocycles. The van der Waals surface area contributed by atoms with Crippen molar-refractivity contribution in [3.8, 4) is 0 Å². The molecular weight excluding hydrogens is 298 g/mol. The summed E-state index contributed by atoms with van der Waals surface area (Å²) < 4.78 is 26.4. The molecule has 2 rings (SSSR count). The maximum Gasteiger partial charge on any atom is 0.326 e. The molecule has 2 aliphatic rings. The van der Waals surface area contributed by atoms with Crippen LogP contribution in [-0.2, 0) is 14.4 Å². The molecule has 1 aliphatic carbocycles. The molecule has 2 atom stereocenters. The van der Waals surface area contributed by atoms with Gasteiger partial charge in [0.1, 0.15) is 12.1 Å². The normalized spacial score (nSPS) is 26.6. The third-order valence-corrected chi connectivity index (χ3v) is 4.52. The number of hydrogen-bond donors (Lipinski definition) is 2. The molecule has 2 unspecified atom stereocenters. The topological polar surface area (TPSA) is 86.7 Å². The van der Waals surface area contributed by atoms with Crippen molar-refractivity contribution in [1.82, 2.24) is 10.2 Å². The van der Waals surface area contributed by atoms with Crippen molar-refractivity contribution < 1.29 is 28.3 Å². The number of carboxylic acid groups (broad SMARTS) is 1. The van der Waals surface area contributed by atoms with Crippen molar-refractivity contribution in [2.45, 2.75) is 51.1 Å². The number of likely N-dealkylation sites (tertiary alicyclic amines) is 1. The first kappa shape index (κ1) is 16.6. The van der Waals surface area contributed by atoms with E-state index in [-0.39, 0.29) is 31.7 Å². The number of carbonyl (C=O) groups excluding carboxylic acids is 2. The Hall–Kier alpha value is -1.73. The van der Waals surface area contributed by atoms with Crippen LogP contribution < -0.4 is 5.32 Å². The highest BCUT2D eigenvalue weighted by molar-refractivity contribution is 5.89. The summed E-state index contributed by atoms with van der Waals surface area (Å²) in [5.41, 5.74) is -0.815. The zero-order chi connectivity index (χ0) is 16.7. The second-order valence-corrected chi connectivity index (χ2v) is 6.74.